The first-order valence-electron chi connectivity index (χ1n) is 22.5. The molecule has 4 aliphatic heterocycles. The average Bonchev–Trinajstić information content (AvgIpc) is 3.93. The number of amides is 1. The minimum absolute atomic E-state index is 0.102. The monoisotopic (exact) mass is 889 g/mol. The van der Waals surface area contributed by atoms with Crippen molar-refractivity contribution < 1.29 is 27.6 Å². The topological polar surface area (TPSA) is 188 Å². The summed E-state index contributed by atoms with van der Waals surface area (Å²) in [5.41, 5.74) is 3.57. The predicted molar refractivity (Wildman–Crippen MR) is 242 cm³/mol. The zero-order chi connectivity index (χ0) is 44.2. The Balaban J connectivity index is 0.827. The number of H-pyrrole nitrogens is 1. The van der Waals surface area contributed by atoms with Crippen LogP contribution in [-0.2, 0) is 14.8 Å². The van der Waals surface area contributed by atoms with Gasteiger partial charge in [-0.3, -0.25) is 24.7 Å². The minimum atomic E-state index is -4.57. The summed E-state index contributed by atoms with van der Waals surface area (Å²) in [6.45, 7) is 11.0. The Hall–Kier alpha value is -5.62. The number of piperidine rings is 1. The van der Waals surface area contributed by atoms with Crippen molar-refractivity contribution in [2.45, 2.75) is 81.3 Å². The number of nitro benzene ring substituents is 1. The molecule has 0 unspecified atom stereocenters. The molecular weight excluding hydrogens is 835 g/mol. The van der Waals surface area contributed by atoms with E-state index in [9.17, 15) is 23.3 Å². The molecule has 17 heteroatoms. The van der Waals surface area contributed by atoms with Crippen LogP contribution in [0.4, 0.5) is 17.2 Å². The van der Waals surface area contributed by atoms with E-state index < -0.39 is 31.4 Å². The van der Waals surface area contributed by atoms with Crippen molar-refractivity contribution in [3.8, 4) is 11.5 Å². The first kappa shape index (κ1) is 42.3. The Kier molecular flexibility index (Phi) is 11.3. The zero-order valence-electron chi connectivity index (χ0n) is 36.2. The molecule has 1 aliphatic carbocycles. The molecule has 3 N–H and O–H groups in total. The molecule has 4 saturated heterocycles. The lowest BCUT2D eigenvalue weighted by Gasteiger charge is -2.56. The fraction of sp³-hybridized carbons (Fsp3) is 0.468. The lowest BCUT2D eigenvalue weighted by molar-refractivity contribution is -0.384. The Morgan fingerprint density at radius 1 is 1.02 bits per heavy atom. The predicted octanol–water partition coefficient (Wildman–Crippen LogP) is 7.23. The summed E-state index contributed by atoms with van der Waals surface area (Å²) in [4.78, 5) is 44.5. The van der Waals surface area contributed by atoms with Gasteiger partial charge >= 0.3 is 0 Å². The van der Waals surface area contributed by atoms with Gasteiger partial charge in [0.05, 0.1) is 35.3 Å². The van der Waals surface area contributed by atoms with Gasteiger partial charge in [-0.1, -0.05) is 38.1 Å². The highest BCUT2D eigenvalue weighted by Gasteiger charge is 2.50. The third-order valence-electron chi connectivity index (χ3n) is 14.3. The first-order valence-corrected chi connectivity index (χ1v) is 24.0. The van der Waals surface area contributed by atoms with Gasteiger partial charge in [-0.15, -0.1) is 0 Å². The molecule has 5 fully saturated rings. The van der Waals surface area contributed by atoms with Crippen LogP contribution in [0.5, 0.6) is 11.5 Å². The standard InChI is InChI=1S/C47H55N9O7S/c1-30(2)37-6-3-4-7-38(37)41-8-5-15-55(41)33-21-47(22-33)12-16-53(17-13-47)44-20-43(63-35-18-32-11-14-48-45(32)51-24-35)39(25-50-44)46(57)52-64(60,61)36-9-10-40(42(19-36)56(58)59)49-23-31-26-54(27-31)34-28-62-29-34/h3-4,6-7,9-11,14,18-20,24-25,30-31,33-34,41,49H,5,8,12-13,15-17,21-23,26-29H2,1-2H3,(H,48,51)(H,52,57)/t41-/m0/s1. The summed E-state index contributed by atoms with van der Waals surface area (Å²) in [7, 11) is -4.57. The van der Waals surface area contributed by atoms with Gasteiger partial charge in [-0.25, -0.2) is 23.1 Å². The smallest absolute Gasteiger partial charge is 0.293 e. The van der Waals surface area contributed by atoms with Crippen LogP contribution >= 0.6 is 0 Å². The summed E-state index contributed by atoms with van der Waals surface area (Å²) in [5.74, 6) is 0.867. The highest BCUT2D eigenvalue weighted by molar-refractivity contribution is 7.90. The van der Waals surface area contributed by atoms with E-state index in [0.29, 0.717) is 53.7 Å². The van der Waals surface area contributed by atoms with Crippen LogP contribution in [0.3, 0.4) is 0 Å². The van der Waals surface area contributed by atoms with E-state index in [1.165, 1.54) is 61.3 Å². The fourth-order valence-corrected chi connectivity index (χ4v) is 11.6. The van der Waals surface area contributed by atoms with E-state index in [1.807, 2.05) is 6.07 Å². The molecule has 336 valence electrons. The molecule has 2 aromatic carbocycles. The second-order valence-electron chi connectivity index (χ2n) is 18.7. The Bertz CT molecular complexity index is 2670. The molecule has 0 bridgehead atoms. The third-order valence-corrected chi connectivity index (χ3v) is 15.7. The van der Waals surface area contributed by atoms with E-state index in [0.717, 1.165) is 70.2 Å². The average molecular weight is 890 g/mol. The van der Waals surface area contributed by atoms with Crippen molar-refractivity contribution in [1.82, 2.24) is 29.5 Å². The van der Waals surface area contributed by atoms with Gasteiger partial charge in [0.1, 0.15) is 34.2 Å². The maximum absolute atomic E-state index is 13.9. The summed E-state index contributed by atoms with van der Waals surface area (Å²) < 4.78 is 41.1. The van der Waals surface area contributed by atoms with Crippen molar-refractivity contribution in [2.24, 2.45) is 11.3 Å². The lowest BCUT2D eigenvalue weighted by atomic mass is 9.60. The number of carbonyl (C=O) groups excluding carboxylic acids is 1. The molecular formula is C47H55N9O7S. The van der Waals surface area contributed by atoms with Gasteiger partial charge < -0.3 is 24.7 Å². The van der Waals surface area contributed by atoms with Crippen LogP contribution in [0.2, 0.25) is 0 Å². The number of fused-ring (bicyclic) bond motifs is 1. The number of hydrogen-bond acceptors (Lipinski definition) is 13. The second-order valence-corrected chi connectivity index (χ2v) is 20.4. The second kappa shape index (κ2) is 17.1. The van der Waals surface area contributed by atoms with Crippen molar-refractivity contribution in [3.05, 3.63) is 106 Å². The molecule has 7 heterocycles. The molecule has 16 nitrogen and oxygen atoms in total. The summed E-state index contributed by atoms with van der Waals surface area (Å²) in [6, 6.07) is 19.4. The number of aromatic amines is 1. The summed E-state index contributed by atoms with van der Waals surface area (Å²) >= 11 is 0. The Labute approximate surface area is 372 Å². The van der Waals surface area contributed by atoms with E-state index >= 15 is 0 Å². The number of nitrogens with zero attached hydrogens (tertiary/aromatic N) is 6. The number of likely N-dealkylation sites (tertiary alicyclic amines) is 2. The Morgan fingerprint density at radius 2 is 1.81 bits per heavy atom. The van der Waals surface area contributed by atoms with Crippen LogP contribution in [0.25, 0.3) is 11.0 Å². The number of hydrogen-bond donors (Lipinski definition) is 3. The zero-order valence-corrected chi connectivity index (χ0v) is 37.1. The van der Waals surface area contributed by atoms with Crippen LogP contribution in [0.1, 0.15) is 85.8 Å². The Morgan fingerprint density at radius 3 is 2.56 bits per heavy atom. The van der Waals surface area contributed by atoms with E-state index in [2.05, 4.69) is 77.8 Å². The maximum Gasteiger partial charge on any atom is 0.293 e. The highest BCUT2D eigenvalue weighted by Crippen LogP contribution is 2.54. The van der Waals surface area contributed by atoms with Gasteiger partial charge in [0.25, 0.3) is 21.6 Å². The van der Waals surface area contributed by atoms with Crippen LogP contribution in [0.15, 0.2) is 84.1 Å². The molecule has 1 saturated carbocycles. The van der Waals surface area contributed by atoms with Crippen LogP contribution in [0, 0.1) is 21.4 Å². The number of aromatic nitrogens is 3. The summed E-state index contributed by atoms with van der Waals surface area (Å²) in [5, 5.41) is 16.1. The molecule has 5 aliphatic rings. The van der Waals surface area contributed by atoms with E-state index in [-0.39, 0.29) is 22.4 Å². The molecule has 1 amide bonds. The van der Waals surface area contributed by atoms with Gasteiger partial charge in [0.2, 0.25) is 0 Å². The van der Waals surface area contributed by atoms with E-state index in [1.54, 1.807) is 18.3 Å². The number of carbonyl (C=O) groups is 1. The van der Waals surface area contributed by atoms with Gasteiger partial charge in [-0.05, 0) is 91.8 Å². The van der Waals surface area contributed by atoms with Crippen LogP contribution in [-0.4, -0.2) is 109 Å². The van der Waals surface area contributed by atoms with Crippen molar-refractivity contribution in [2.75, 3.05) is 62.7 Å². The normalized spacial score (nSPS) is 20.9. The lowest BCUT2D eigenvalue weighted by Crippen LogP contribution is -2.60. The van der Waals surface area contributed by atoms with Crippen LogP contribution < -0.4 is 19.7 Å². The van der Waals surface area contributed by atoms with E-state index in [4.69, 9.17) is 9.47 Å². The van der Waals surface area contributed by atoms with Gasteiger partial charge in [0.15, 0.2) is 0 Å². The number of ether oxygens (including phenoxy) is 2. The number of nitro groups is 1. The minimum Gasteiger partial charge on any atom is -0.455 e. The molecule has 0 radical (unpaired) electrons. The SMILES string of the molecule is CC(C)c1ccccc1[C@@H]1CCCN1C1CC2(CCN(c3cc(Oc4cnc5[nH]ccc5c4)c(C(=O)NS(=O)(=O)c4ccc(NCC5CN(C6COC6)C5)c([N+](=O)[O-])c4)cn3)CC2)C1. The number of pyridine rings is 2. The number of rotatable bonds is 14. The van der Waals surface area contributed by atoms with Crippen molar-refractivity contribution in [1.29, 1.82) is 0 Å². The van der Waals surface area contributed by atoms with Gasteiger partial charge in [0, 0.05) is 80.6 Å². The van der Waals surface area contributed by atoms with Crippen molar-refractivity contribution >= 4 is 44.2 Å². The maximum atomic E-state index is 13.9. The highest BCUT2D eigenvalue weighted by atomic mass is 32.2. The first-order chi connectivity index (χ1) is 30.9. The number of nitrogens with one attached hydrogen (secondary N) is 3. The molecule has 3 aromatic heterocycles. The number of anilines is 2. The fourth-order valence-electron chi connectivity index (χ4n) is 10.6. The third kappa shape index (κ3) is 8.30. The van der Waals surface area contributed by atoms with Gasteiger partial charge in [-0.2, -0.15) is 0 Å². The molecule has 10 rings (SSSR count). The largest absolute Gasteiger partial charge is 0.455 e. The van der Waals surface area contributed by atoms with Crippen molar-refractivity contribution in [3.63, 3.8) is 0 Å². The molecule has 5 aromatic rings. The molecule has 1 atom stereocenters. The summed E-state index contributed by atoms with van der Waals surface area (Å²) in [6.07, 6.45) is 11.5. The molecule has 1 spiro atoms. The quantitative estimate of drug-likeness (QED) is 0.0749. The number of sulfonamides is 1. The molecule has 64 heavy (non-hydrogen) atoms. The number of benzene rings is 2.